The van der Waals surface area contributed by atoms with Crippen LogP contribution in [0.25, 0.3) is 11.0 Å². The van der Waals surface area contributed by atoms with E-state index in [0.29, 0.717) is 47.7 Å². The smallest absolute Gasteiger partial charge is 0.197 e. The minimum Gasteiger partial charge on any atom is -0.493 e. The number of aliphatic hydroxyl groups excluding tert-OH is 1. The largest absolute Gasteiger partial charge is 0.493 e. The molecule has 1 atom stereocenters. The van der Waals surface area contributed by atoms with E-state index in [0.717, 1.165) is 5.56 Å². The summed E-state index contributed by atoms with van der Waals surface area (Å²) in [6, 6.07) is 12.9. The first-order chi connectivity index (χ1) is 13.5. The van der Waals surface area contributed by atoms with Crippen molar-refractivity contribution in [1.29, 1.82) is 0 Å². The number of hydrogen-bond acceptors (Lipinski definition) is 6. The Morgan fingerprint density at radius 2 is 1.82 bits per heavy atom. The number of nitrogens with zero attached hydrogens (tertiary/aromatic N) is 1. The van der Waals surface area contributed by atoms with Crippen LogP contribution >= 0.6 is 0 Å². The summed E-state index contributed by atoms with van der Waals surface area (Å²) in [5.41, 5.74) is 2.06. The third kappa shape index (κ3) is 4.52. The zero-order valence-corrected chi connectivity index (χ0v) is 16.3. The molecule has 1 heterocycles. The summed E-state index contributed by atoms with van der Waals surface area (Å²) in [6.07, 6.45) is 0.974. The fourth-order valence-electron chi connectivity index (χ4n) is 3.26. The van der Waals surface area contributed by atoms with Crippen molar-refractivity contribution >= 4 is 11.0 Å². The molecule has 6 nitrogen and oxygen atoms in total. The zero-order valence-electron chi connectivity index (χ0n) is 16.3. The van der Waals surface area contributed by atoms with Crippen LogP contribution in [-0.2, 0) is 13.1 Å². The minimum atomic E-state index is -0.535. The monoisotopic (exact) mass is 383 g/mol. The highest BCUT2D eigenvalue weighted by Gasteiger charge is 2.15. The number of para-hydroxylation sites is 1. The van der Waals surface area contributed by atoms with Crippen molar-refractivity contribution in [3.8, 4) is 11.5 Å². The summed E-state index contributed by atoms with van der Waals surface area (Å²) in [4.78, 5) is 14.8. The molecular weight excluding hydrogens is 358 g/mol. The van der Waals surface area contributed by atoms with Gasteiger partial charge in [0.2, 0.25) is 0 Å². The van der Waals surface area contributed by atoms with E-state index in [1.54, 1.807) is 33.3 Å². The minimum absolute atomic E-state index is 0.0512. The first-order valence-corrected chi connectivity index (χ1v) is 9.12. The average Bonchev–Trinajstić information content (AvgIpc) is 2.69. The number of rotatable bonds is 8. The van der Waals surface area contributed by atoms with Gasteiger partial charge in [-0.3, -0.25) is 9.69 Å². The van der Waals surface area contributed by atoms with Crippen molar-refractivity contribution < 1.29 is 19.0 Å². The van der Waals surface area contributed by atoms with Gasteiger partial charge in [-0.05, 0) is 36.8 Å². The lowest BCUT2D eigenvalue weighted by Gasteiger charge is -2.24. The Labute approximate surface area is 163 Å². The second-order valence-electron chi connectivity index (χ2n) is 6.79. The maximum absolute atomic E-state index is 12.8. The van der Waals surface area contributed by atoms with E-state index < -0.39 is 6.10 Å². The van der Waals surface area contributed by atoms with E-state index in [2.05, 4.69) is 0 Å². The first kappa shape index (κ1) is 19.9. The Balaban J connectivity index is 1.87. The number of ether oxygens (including phenoxy) is 2. The molecule has 28 heavy (non-hydrogen) atoms. The normalized spacial score (nSPS) is 12.3. The summed E-state index contributed by atoms with van der Waals surface area (Å²) in [5.74, 6) is 1.30. The zero-order chi connectivity index (χ0) is 20.1. The molecule has 0 saturated carbocycles. The van der Waals surface area contributed by atoms with Gasteiger partial charge in [-0.25, -0.2) is 0 Å². The van der Waals surface area contributed by atoms with E-state index >= 15 is 0 Å². The quantitative estimate of drug-likeness (QED) is 0.644. The Bertz CT molecular complexity index is 996. The van der Waals surface area contributed by atoms with Crippen molar-refractivity contribution in [3.63, 3.8) is 0 Å². The van der Waals surface area contributed by atoms with Gasteiger partial charge in [0.15, 0.2) is 16.9 Å². The molecule has 0 saturated heterocycles. The summed E-state index contributed by atoms with van der Waals surface area (Å²) in [7, 11) is 3.19. The van der Waals surface area contributed by atoms with E-state index in [-0.39, 0.29) is 5.43 Å². The number of fused-ring (bicyclic) bond motifs is 1. The van der Waals surface area contributed by atoms with Crippen molar-refractivity contribution in [1.82, 2.24) is 4.90 Å². The van der Waals surface area contributed by atoms with Crippen LogP contribution < -0.4 is 14.9 Å². The molecule has 1 aromatic heterocycles. The third-order valence-electron chi connectivity index (χ3n) is 4.52. The highest BCUT2D eigenvalue weighted by Crippen LogP contribution is 2.28. The molecule has 0 spiro atoms. The molecule has 0 radical (unpaired) electrons. The van der Waals surface area contributed by atoms with Crippen LogP contribution in [0.15, 0.2) is 57.9 Å². The lowest BCUT2D eigenvalue weighted by Crippen LogP contribution is -2.32. The lowest BCUT2D eigenvalue weighted by molar-refractivity contribution is 0.117. The van der Waals surface area contributed by atoms with Crippen molar-refractivity contribution in [2.45, 2.75) is 26.1 Å². The maximum atomic E-state index is 12.8. The molecule has 0 fully saturated rings. The number of methoxy groups -OCH3 is 2. The number of hydrogen-bond donors (Lipinski definition) is 1. The fourth-order valence-corrected chi connectivity index (χ4v) is 3.26. The predicted molar refractivity (Wildman–Crippen MR) is 108 cm³/mol. The van der Waals surface area contributed by atoms with Crippen LogP contribution in [0, 0.1) is 0 Å². The predicted octanol–water partition coefficient (Wildman–Crippen LogP) is 3.19. The molecule has 0 aliphatic rings. The van der Waals surface area contributed by atoms with Crippen LogP contribution in [-0.4, -0.2) is 36.9 Å². The molecule has 3 rings (SSSR count). The van der Waals surface area contributed by atoms with Crippen LogP contribution in [0.3, 0.4) is 0 Å². The van der Waals surface area contributed by atoms with Crippen molar-refractivity contribution in [2.75, 3.05) is 20.8 Å². The van der Waals surface area contributed by atoms with Gasteiger partial charge < -0.3 is 19.0 Å². The summed E-state index contributed by atoms with van der Waals surface area (Å²) in [5, 5.41) is 10.5. The van der Waals surface area contributed by atoms with Gasteiger partial charge in [0, 0.05) is 25.2 Å². The topological polar surface area (TPSA) is 72.1 Å². The summed E-state index contributed by atoms with van der Waals surface area (Å²) >= 11 is 0. The molecular formula is C22H25NO5. The molecule has 2 aromatic carbocycles. The van der Waals surface area contributed by atoms with Gasteiger partial charge in [0.25, 0.3) is 0 Å². The van der Waals surface area contributed by atoms with Gasteiger partial charge >= 0.3 is 0 Å². The summed E-state index contributed by atoms with van der Waals surface area (Å²) in [6.45, 7) is 3.05. The fraction of sp³-hybridized carbons (Fsp3) is 0.318. The second kappa shape index (κ2) is 8.91. The van der Waals surface area contributed by atoms with Crippen LogP contribution in [0.4, 0.5) is 0 Å². The van der Waals surface area contributed by atoms with Crippen LogP contribution in [0.1, 0.15) is 18.1 Å². The van der Waals surface area contributed by atoms with Crippen LogP contribution in [0.5, 0.6) is 11.5 Å². The SMILES string of the molecule is COc1ccc(CN(Cc2coc3ccccc3c2=O)CC(C)O)cc1OC. The highest BCUT2D eigenvalue weighted by atomic mass is 16.5. The second-order valence-corrected chi connectivity index (χ2v) is 6.79. The Kier molecular flexibility index (Phi) is 6.34. The Morgan fingerprint density at radius 3 is 2.54 bits per heavy atom. The molecule has 0 aliphatic carbocycles. The maximum Gasteiger partial charge on any atom is 0.197 e. The Morgan fingerprint density at radius 1 is 1.07 bits per heavy atom. The molecule has 0 aliphatic heterocycles. The molecule has 1 N–H and O–H groups in total. The van der Waals surface area contributed by atoms with Crippen molar-refractivity contribution in [3.05, 3.63) is 70.1 Å². The van der Waals surface area contributed by atoms with Gasteiger partial charge in [0.05, 0.1) is 32.0 Å². The standard InChI is InChI=1S/C22H25NO5/c1-15(24)11-23(12-16-8-9-20(26-2)21(10-16)27-3)13-17-14-28-19-7-5-4-6-18(19)22(17)25/h4-10,14-15,24H,11-13H2,1-3H3. The van der Waals surface area contributed by atoms with Gasteiger partial charge in [-0.2, -0.15) is 0 Å². The van der Waals surface area contributed by atoms with Crippen molar-refractivity contribution in [2.24, 2.45) is 0 Å². The van der Waals surface area contributed by atoms with E-state index in [1.807, 2.05) is 35.2 Å². The van der Waals surface area contributed by atoms with Gasteiger partial charge in [-0.1, -0.05) is 18.2 Å². The molecule has 1 unspecified atom stereocenters. The molecule has 0 amide bonds. The molecule has 148 valence electrons. The van der Waals surface area contributed by atoms with E-state index in [4.69, 9.17) is 13.9 Å². The number of benzene rings is 2. The van der Waals surface area contributed by atoms with Gasteiger partial charge in [-0.15, -0.1) is 0 Å². The highest BCUT2D eigenvalue weighted by molar-refractivity contribution is 5.76. The lowest BCUT2D eigenvalue weighted by atomic mass is 10.1. The molecule has 6 heteroatoms. The first-order valence-electron chi connectivity index (χ1n) is 9.12. The third-order valence-corrected chi connectivity index (χ3v) is 4.52. The average molecular weight is 383 g/mol. The molecule has 0 bridgehead atoms. The van der Waals surface area contributed by atoms with Gasteiger partial charge in [0.1, 0.15) is 5.58 Å². The van der Waals surface area contributed by atoms with E-state index in [1.165, 1.54) is 6.26 Å². The van der Waals surface area contributed by atoms with E-state index in [9.17, 15) is 9.90 Å². The van der Waals surface area contributed by atoms with Crippen LogP contribution in [0.2, 0.25) is 0 Å². The summed E-state index contributed by atoms with van der Waals surface area (Å²) < 4.78 is 16.3. The molecule has 3 aromatic rings. The Hall–Kier alpha value is -2.83. The number of aliphatic hydroxyl groups is 1.